The van der Waals surface area contributed by atoms with Crippen molar-refractivity contribution in [1.29, 1.82) is 0 Å². The molecule has 8 nitrogen and oxygen atoms in total. The summed E-state index contributed by atoms with van der Waals surface area (Å²) in [6, 6.07) is 30.5. The third-order valence-electron chi connectivity index (χ3n) is 7.98. The number of β-lactam (4-membered cyclic amide) rings is 1. The number of para-hydroxylation sites is 2. The molecular weight excluding hydrogens is 651 g/mol. The van der Waals surface area contributed by atoms with E-state index in [9.17, 15) is 14.4 Å². The first-order valence-electron chi connectivity index (χ1n) is 14.9. The van der Waals surface area contributed by atoms with E-state index in [-0.39, 0.29) is 6.61 Å². The average molecular weight is 680 g/mol. The minimum absolute atomic E-state index is 0.261. The van der Waals surface area contributed by atoms with Gasteiger partial charge in [0.05, 0.1) is 10.2 Å². The van der Waals surface area contributed by atoms with Crippen molar-refractivity contribution >= 4 is 60.9 Å². The van der Waals surface area contributed by atoms with Gasteiger partial charge in [0, 0.05) is 11.1 Å². The number of amides is 2. The number of nitrogens with one attached hydrogen (secondary N) is 1. The van der Waals surface area contributed by atoms with Crippen molar-refractivity contribution in [2.45, 2.75) is 34.8 Å². The molecule has 0 saturated carbocycles. The van der Waals surface area contributed by atoms with E-state index >= 15 is 0 Å². The van der Waals surface area contributed by atoms with Gasteiger partial charge in [0.15, 0.2) is 23.1 Å². The highest BCUT2D eigenvalue weighted by Crippen LogP contribution is 2.48. The number of likely N-dealkylation sites (tertiary alicyclic amines) is 1. The summed E-state index contributed by atoms with van der Waals surface area (Å²) in [5, 5.41) is 2.21. The fourth-order valence-electron chi connectivity index (χ4n) is 5.82. The molecule has 0 spiro atoms. The fraction of sp³-hybridized carbons (Fsp3) is 0.167. The van der Waals surface area contributed by atoms with Crippen LogP contribution in [0.2, 0.25) is 0 Å². The van der Waals surface area contributed by atoms with Gasteiger partial charge >= 0.3 is 5.97 Å². The number of rotatable bonds is 11. The van der Waals surface area contributed by atoms with Gasteiger partial charge in [-0.15, -0.1) is 11.3 Å². The number of carbonyl (C=O) groups is 3. The van der Waals surface area contributed by atoms with Gasteiger partial charge in [-0.2, -0.15) is 0 Å². The van der Waals surface area contributed by atoms with Crippen LogP contribution in [0.3, 0.4) is 0 Å². The van der Waals surface area contributed by atoms with E-state index < -0.39 is 41.3 Å². The number of thiazole rings is 1. The lowest BCUT2D eigenvalue weighted by molar-refractivity contribution is -0.165. The molecule has 1 saturated heterocycles. The van der Waals surface area contributed by atoms with Crippen LogP contribution < -0.4 is 10.1 Å². The second-order valence-electron chi connectivity index (χ2n) is 11.2. The average Bonchev–Trinajstić information content (AvgIpc) is 3.65. The summed E-state index contributed by atoms with van der Waals surface area (Å²) in [5.74, 6) is -0.898. The summed E-state index contributed by atoms with van der Waals surface area (Å²) in [4.78, 5) is 47.0. The van der Waals surface area contributed by atoms with Gasteiger partial charge in [0.2, 0.25) is 5.91 Å². The fourth-order valence-corrected chi connectivity index (χ4v) is 9.78. The van der Waals surface area contributed by atoms with Gasteiger partial charge in [-0.1, -0.05) is 96.2 Å². The van der Waals surface area contributed by atoms with E-state index in [0.717, 1.165) is 36.8 Å². The van der Waals surface area contributed by atoms with Crippen molar-refractivity contribution < 1.29 is 23.9 Å². The molecule has 1 N–H and O–H groups in total. The summed E-state index contributed by atoms with van der Waals surface area (Å²) in [5.41, 5.74) is 5.13. The number of ether oxygens (including phenoxy) is 2. The first kappa shape index (κ1) is 31.0. The SMILES string of the molecule is C=C(C)C(C(=O)OC1c2ccccc2-c2ccccc21)N1C(=O)C(NC(=O)COc2ccccc2)C1SSc1nc2ccccc2s1. The quantitative estimate of drug-likeness (QED) is 0.0689. The third kappa shape index (κ3) is 6.14. The van der Waals surface area contributed by atoms with Crippen LogP contribution in [0.1, 0.15) is 24.2 Å². The molecule has 3 atom stereocenters. The number of nitrogens with zero attached hydrogens (tertiary/aromatic N) is 2. The highest BCUT2D eigenvalue weighted by atomic mass is 33.1. The van der Waals surface area contributed by atoms with Gasteiger partial charge in [-0.25, -0.2) is 9.78 Å². The maximum Gasteiger partial charge on any atom is 0.334 e. The Bertz CT molecular complexity index is 1920. The highest BCUT2D eigenvalue weighted by molar-refractivity contribution is 8.77. The largest absolute Gasteiger partial charge is 0.484 e. The summed E-state index contributed by atoms with van der Waals surface area (Å²) < 4.78 is 13.7. The Balaban J connectivity index is 1.12. The molecule has 2 amide bonds. The first-order valence-corrected chi connectivity index (χ1v) is 17.9. The molecule has 0 radical (unpaired) electrons. The molecule has 3 unspecified atom stereocenters. The molecule has 47 heavy (non-hydrogen) atoms. The Morgan fingerprint density at radius 3 is 2.26 bits per heavy atom. The Hall–Kier alpha value is -4.58. The molecule has 0 bridgehead atoms. The van der Waals surface area contributed by atoms with Gasteiger partial charge in [0.25, 0.3) is 5.91 Å². The molecule has 1 aromatic heterocycles. The van der Waals surface area contributed by atoms with Crippen LogP contribution in [0.25, 0.3) is 21.3 Å². The Kier molecular flexibility index (Phi) is 8.76. The third-order valence-corrected chi connectivity index (χ3v) is 12.0. The summed E-state index contributed by atoms with van der Waals surface area (Å²) in [6.07, 6.45) is -0.623. The van der Waals surface area contributed by atoms with Crippen LogP contribution in [0.4, 0.5) is 0 Å². The van der Waals surface area contributed by atoms with Crippen molar-refractivity contribution in [3.8, 4) is 16.9 Å². The first-order chi connectivity index (χ1) is 22.9. The molecule has 5 aromatic rings. The molecule has 4 aromatic carbocycles. The van der Waals surface area contributed by atoms with Crippen LogP contribution in [-0.2, 0) is 19.1 Å². The number of fused-ring (bicyclic) bond motifs is 4. The van der Waals surface area contributed by atoms with Gasteiger partial charge in [-0.3, -0.25) is 9.59 Å². The zero-order valence-corrected chi connectivity index (χ0v) is 27.6. The van der Waals surface area contributed by atoms with E-state index in [1.807, 2.05) is 91.0 Å². The van der Waals surface area contributed by atoms with Crippen LogP contribution in [0.5, 0.6) is 5.75 Å². The standard InChI is InChI=1S/C36H29N3O5S3/c1-21(2)31(35(42)44-32-25-16-8-6-14-23(25)24-15-7-9-17-26(24)32)39-33(41)30(38-29(40)20-43-22-12-4-3-5-13-22)34(39)46-47-36-37-27-18-10-11-19-28(27)45-36/h3-19,30-32,34H,1,20H2,2H3,(H,38,40). The Labute approximate surface area is 283 Å². The molecular formula is C36H29N3O5S3. The topological polar surface area (TPSA) is 97.8 Å². The van der Waals surface area contributed by atoms with Gasteiger partial charge < -0.3 is 19.7 Å². The second-order valence-corrected chi connectivity index (χ2v) is 14.7. The predicted molar refractivity (Wildman–Crippen MR) is 186 cm³/mol. The summed E-state index contributed by atoms with van der Waals surface area (Å²) >= 11 is 1.54. The van der Waals surface area contributed by atoms with Crippen molar-refractivity contribution in [3.63, 3.8) is 0 Å². The van der Waals surface area contributed by atoms with Crippen LogP contribution >= 0.6 is 32.9 Å². The lowest BCUT2D eigenvalue weighted by atomic mass is 9.99. The molecule has 7 rings (SSSR count). The monoisotopic (exact) mass is 679 g/mol. The number of hydrogen-bond donors (Lipinski definition) is 1. The zero-order chi connectivity index (χ0) is 32.5. The number of hydrogen-bond acceptors (Lipinski definition) is 9. The zero-order valence-electron chi connectivity index (χ0n) is 25.2. The van der Waals surface area contributed by atoms with E-state index in [1.54, 1.807) is 19.1 Å². The molecule has 1 fully saturated rings. The Morgan fingerprint density at radius 1 is 0.936 bits per heavy atom. The smallest absolute Gasteiger partial charge is 0.334 e. The van der Waals surface area contributed by atoms with Crippen LogP contribution in [-0.4, -0.2) is 51.7 Å². The predicted octanol–water partition coefficient (Wildman–Crippen LogP) is 7.03. The summed E-state index contributed by atoms with van der Waals surface area (Å²) in [6.45, 7) is 5.52. The molecule has 2 heterocycles. The van der Waals surface area contributed by atoms with E-state index in [2.05, 4.69) is 11.9 Å². The van der Waals surface area contributed by atoms with Gasteiger partial charge in [-0.05, 0) is 58.7 Å². The van der Waals surface area contributed by atoms with E-state index in [1.165, 1.54) is 37.8 Å². The van der Waals surface area contributed by atoms with E-state index in [0.29, 0.717) is 11.3 Å². The molecule has 236 valence electrons. The number of carbonyl (C=O) groups excluding carboxylic acids is 3. The molecule has 2 aliphatic rings. The van der Waals surface area contributed by atoms with Crippen LogP contribution in [0, 0.1) is 0 Å². The van der Waals surface area contributed by atoms with E-state index in [4.69, 9.17) is 14.5 Å². The van der Waals surface area contributed by atoms with Crippen molar-refractivity contribution in [1.82, 2.24) is 15.2 Å². The normalized spacial score (nSPS) is 17.4. The molecule has 1 aliphatic heterocycles. The van der Waals surface area contributed by atoms with Crippen molar-refractivity contribution in [3.05, 3.63) is 126 Å². The second kappa shape index (κ2) is 13.3. The number of aromatic nitrogens is 1. The van der Waals surface area contributed by atoms with Crippen molar-refractivity contribution in [2.75, 3.05) is 6.61 Å². The minimum atomic E-state index is -1.07. The Morgan fingerprint density at radius 2 is 1.57 bits per heavy atom. The highest BCUT2D eigenvalue weighted by Gasteiger charge is 2.54. The van der Waals surface area contributed by atoms with Crippen LogP contribution in [0.15, 0.2) is 120 Å². The molecule has 1 aliphatic carbocycles. The summed E-state index contributed by atoms with van der Waals surface area (Å²) in [7, 11) is 2.75. The number of benzene rings is 4. The van der Waals surface area contributed by atoms with Gasteiger partial charge in [0.1, 0.15) is 17.2 Å². The number of esters is 1. The maximum atomic E-state index is 14.1. The molecule has 11 heteroatoms. The minimum Gasteiger partial charge on any atom is -0.484 e. The van der Waals surface area contributed by atoms with Crippen molar-refractivity contribution in [2.24, 2.45) is 0 Å². The maximum absolute atomic E-state index is 14.1. The lowest BCUT2D eigenvalue weighted by Gasteiger charge is -2.49. The lowest BCUT2D eigenvalue weighted by Crippen LogP contribution is -2.73.